The lowest BCUT2D eigenvalue weighted by Gasteiger charge is -2.47. The monoisotopic (exact) mass is 328 g/mol. The van der Waals surface area contributed by atoms with Crippen molar-refractivity contribution in [3.05, 3.63) is 42.5 Å². The highest BCUT2D eigenvalue weighted by molar-refractivity contribution is 5.98. The summed E-state index contributed by atoms with van der Waals surface area (Å²) < 4.78 is 12.7. The van der Waals surface area contributed by atoms with Crippen LogP contribution in [0.1, 0.15) is 16.8 Å². The number of ether oxygens (including phenoxy) is 2. The van der Waals surface area contributed by atoms with Crippen LogP contribution < -0.4 is 5.32 Å². The Morgan fingerprint density at radius 3 is 3.12 bits per heavy atom. The molecule has 2 aliphatic rings. The van der Waals surface area contributed by atoms with Gasteiger partial charge in [-0.05, 0) is 18.6 Å². The van der Waals surface area contributed by atoms with Gasteiger partial charge in [0, 0.05) is 31.6 Å². The maximum absolute atomic E-state index is 12.8. The van der Waals surface area contributed by atoms with Gasteiger partial charge in [0.25, 0.3) is 5.91 Å². The topological polar surface area (TPSA) is 78.3 Å². The summed E-state index contributed by atoms with van der Waals surface area (Å²) in [5.41, 5.74) is 1.30. The molecule has 4 rings (SSSR count). The molecule has 2 aromatic rings. The standard InChI is InChI=1S/C17H20N4O3/c1-23-8-13-15(12-6-7-24-16(12)13)20-17(22)11-4-2-3-5-14(11)21-10-18-9-19-21/h2-5,9-10,12-13,15-16H,6-8H2,1H3,(H,20,22)/t12-,13+,15-,16-/m0/s1. The first-order valence-electron chi connectivity index (χ1n) is 8.15. The number of rotatable bonds is 5. The van der Waals surface area contributed by atoms with Crippen molar-refractivity contribution in [2.24, 2.45) is 11.8 Å². The Morgan fingerprint density at radius 2 is 2.33 bits per heavy atom. The van der Waals surface area contributed by atoms with Crippen LogP contribution in [0.3, 0.4) is 0 Å². The predicted molar refractivity (Wildman–Crippen MR) is 85.8 cm³/mol. The molecule has 0 unspecified atom stereocenters. The molecule has 1 aliphatic heterocycles. The van der Waals surface area contributed by atoms with E-state index in [-0.39, 0.29) is 24.0 Å². The molecule has 0 spiro atoms. The van der Waals surface area contributed by atoms with Gasteiger partial charge >= 0.3 is 0 Å². The quantitative estimate of drug-likeness (QED) is 0.887. The number of methoxy groups -OCH3 is 1. The number of hydrogen-bond donors (Lipinski definition) is 1. The summed E-state index contributed by atoms with van der Waals surface area (Å²) in [5, 5.41) is 7.31. The fraction of sp³-hybridized carbons (Fsp3) is 0.471. The molecule has 2 heterocycles. The van der Waals surface area contributed by atoms with Crippen LogP contribution in [0.15, 0.2) is 36.9 Å². The number of hydrogen-bond acceptors (Lipinski definition) is 5. The van der Waals surface area contributed by atoms with Crippen molar-refractivity contribution >= 4 is 5.91 Å². The number of carbonyl (C=O) groups is 1. The molecular formula is C17H20N4O3. The lowest BCUT2D eigenvalue weighted by molar-refractivity contribution is -0.0809. The van der Waals surface area contributed by atoms with Crippen LogP contribution in [0, 0.1) is 11.8 Å². The van der Waals surface area contributed by atoms with E-state index in [1.165, 1.54) is 6.33 Å². The highest BCUT2D eigenvalue weighted by atomic mass is 16.5. The van der Waals surface area contributed by atoms with Crippen molar-refractivity contribution in [1.82, 2.24) is 20.1 Å². The third kappa shape index (κ3) is 2.50. The summed E-state index contributed by atoms with van der Waals surface area (Å²) in [4.78, 5) is 16.8. The number of carbonyl (C=O) groups excluding carboxylic acids is 1. The van der Waals surface area contributed by atoms with Crippen LogP contribution in [0.4, 0.5) is 0 Å². The number of fused-ring (bicyclic) bond motifs is 1. The molecule has 24 heavy (non-hydrogen) atoms. The second kappa shape index (κ2) is 6.33. The number of aromatic nitrogens is 3. The number of nitrogens with one attached hydrogen (secondary N) is 1. The van der Waals surface area contributed by atoms with Gasteiger partial charge in [0.1, 0.15) is 12.7 Å². The van der Waals surface area contributed by atoms with E-state index >= 15 is 0 Å². The minimum absolute atomic E-state index is 0.0914. The second-order valence-corrected chi connectivity index (χ2v) is 6.26. The van der Waals surface area contributed by atoms with Gasteiger partial charge in [-0.3, -0.25) is 4.79 Å². The third-order valence-electron chi connectivity index (χ3n) is 5.00. The van der Waals surface area contributed by atoms with Crippen molar-refractivity contribution in [2.75, 3.05) is 20.3 Å². The molecule has 1 N–H and O–H groups in total. The Bertz CT molecular complexity index is 718. The van der Waals surface area contributed by atoms with Gasteiger partial charge in [0.2, 0.25) is 0 Å². The molecule has 0 bridgehead atoms. The van der Waals surface area contributed by atoms with E-state index in [4.69, 9.17) is 9.47 Å². The molecule has 4 atom stereocenters. The number of amides is 1. The maximum atomic E-state index is 12.8. The van der Waals surface area contributed by atoms with Crippen LogP contribution in [-0.2, 0) is 9.47 Å². The molecule has 1 aromatic carbocycles. The van der Waals surface area contributed by atoms with Gasteiger partial charge in [0.05, 0.1) is 24.0 Å². The molecule has 1 saturated heterocycles. The van der Waals surface area contributed by atoms with Crippen LogP contribution >= 0.6 is 0 Å². The Kier molecular flexibility index (Phi) is 4.03. The molecule has 1 amide bonds. The van der Waals surface area contributed by atoms with Crippen LogP contribution in [0.25, 0.3) is 5.69 Å². The fourth-order valence-electron chi connectivity index (χ4n) is 3.86. The number of benzene rings is 1. The zero-order valence-corrected chi connectivity index (χ0v) is 13.5. The van der Waals surface area contributed by atoms with Gasteiger partial charge in [-0.2, -0.15) is 5.10 Å². The zero-order valence-electron chi connectivity index (χ0n) is 13.5. The minimum atomic E-state index is -0.0995. The van der Waals surface area contributed by atoms with Gasteiger partial charge in [-0.1, -0.05) is 12.1 Å². The van der Waals surface area contributed by atoms with Crippen molar-refractivity contribution in [1.29, 1.82) is 0 Å². The van der Waals surface area contributed by atoms with E-state index in [2.05, 4.69) is 15.4 Å². The summed E-state index contributed by atoms with van der Waals surface area (Å²) >= 11 is 0. The van der Waals surface area contributed by atoms with Gasteiger partial charge in [-0.15, -0.1) is 0 Å². The van der Waals surface area contributed by atoms with Crippen LogP contribution in [0.5, 0.6) is 0 Å². The SMILES string of the molecule is COC[C@@H]1[C@@H](NC(=O)c2ccccc2-n2cncn2)[C@@H]2CCO[C@H]12. The molecule has 2 fully saturated rings. The van der Waals surface area contributed by atoms with Gasteiger partial charge in [-0.25, -0.2) is 9.67 Å². The van der Waals surface area contributed by atoms with E-state index in [1.54, 1.807) is 24.2 Å². The normalized spacial score (nSPS) is 28.2. The minimum Gasteiger partial charge on any atom is -0.384 e. The van der Waals surface area contributed by atoms with Crippen LogP contribution in [-0.4, -0.2) is 53.1 Å². The average molecular weight is 328 g/mol. The smallest absolute Gasteiger partial charge is 0.253 e. The van der Waals surface area contributed by atoms with E-state index < -0.39 is 0 Å². The molecule has 1 saturated carbocycles. The predicted octanol–water partition coefficient (Wildman–Crippen LogP) is 1.05. The Morgan fingerprint density at radius 1 is 1.46 bits per heavy atom. The van der Waals surface area contributed by atoms with Crippen molar-refractivity contribution in [3.8, 4) is 5.69 Å². The summed E-state index contributed by atoms with van der Waals surface area (Å²) in [5.74, 6) is 0.496. The van der Waals surface area contributed by atoms with Crippen molar-refractivity contribution in [2.45, 2.75) is 18.6 Å². The summed E-state index contributed by atoms with van der Waals surface area (Å²) in [6.07, 6.45) is 4.24. The zero-order chi connectivity index (χ0) is 16.5. The summed E-state index contributed by atoms with van der Waals surface area (Å²) in [6, 6.07) is 7.49. The second-order valence-electron chi connectivity index (χ2n) is 6.26. The first-order valence-corrected chi connectivity index (χ1v) is 8.15. The van der Waals surface area contributed by atoms with E-state index in [0.29, 0.717) is 23.8 Å². The fourth-order valence-corrected chi connectivity index (χ4v) is 3.86. The average Bonchev–Trinajstić information content (AvgIpc) is 3.27. The Hall–Kier alpha value is -2.25. The lowest BCUT2D eigenvalue weighted by Crippen LogP contribution is -2.62. The lowest BCUT2D eigenvalue weighted by atomic mass is 9.67. The number of nitrogens with zero attached hydrogens (tertiary/aromatic N) is 3. The molecule has 126 valence electrons. The molecular weight excluding hydrogens is 308 g/mol. The van der Waals surface area contributed by atoms with E-state index in [0.717, 1.165) is 13.0 Å². The Balaban J connectivity index is 1.55. The van der Waals surface area contributed by atoms with Crippen molar-refractivity contribution in [3.63, 3.8) is 0 Å². The number of para-hydroxylation sites is 1. The molecule has 1 aromatic heterocycles. The molecule has 7 nitrogen and oxygen atoms in total. The Labute approximate surface area is 140 Å². The first-order chi connectivity index (χ1) is 11.8. The van der Waals surface area contributed by atoms with Gasteiger partial charge < -0.3 is 14.8 Å². The maximum Gasteiger partial charge on any atom is 0.253 e. The molecule has 7 heteroatoms. The molecule has 0 radical (unpaired) electrons. The summed E-state index contributed by atoms with van der Waals surface area (Å²) in [7, 11) is 1.68. The van der Waals surface area contributed by atoms with E-state index in [1.807, 2.05) is 18.2 Å². The van der Waals surface area contributed by atoms with Crippen LogP contribution in [0.2, 0.25) is 0 Å². The van der Waals surface area contributed by atoms with Crippen molar-refractivity contribution < 1.29 is 14.3 Å². The highest BCUT2D eigenvalue weighted by Gasteiger charge is 2.54. The third-order valence-corrected chi connectivity index (χ3v) is 5.00. The van der Waals surface area contributed by atoms with E-state index in [9.17, 15) is 4.79 Å². The largest absolute Gasteiger partial charge is 0.384 e. The molecule has 1 aliphatic carbocycles. The first kappa shape index (κ1) is 15.3. The van der Waals surface area contributed by atoms with Gasteiger partial charge in [0.15, 0.2) is 0 Å². The highest BCUT2D eigenvalue weighted by Crippen LogP contribution is 2.43. The summed E-state index contributed by atoms with van der Waals surface area (Å²) in [6.45, 7) is 1.36.